The molecule has 0 unspecified atom stereocenters. The largest absolute Gasteiger partial charge is 0.321 e. The summed E-state index contributed by atoms with van der Waals surface area (Å²) in [5.74, 6) is -0.0422. The van der Waals surface area contributed by atoms with Crippen LogP contribution in [0.1, 0.15) is 39.5 Å². The molecule has 102 valence electrons. The molecular formula is C16H21NOS. The van der Waals surface area contributed by atoms with Gasteiger partial charge in [0.15, 0.2) is 0 Å². The van der Waals surface area contributed by atoms with Crippen LogP contribution >= 0.6 is 11.8 Å². The molecule has 2 nitrogen and oxygen atoms in total. The van der Waals surface area contributed by atoms with Crippen molar-refractivity contribution in [1.29, 1.82) is 0 Å². The summed E-state index contributed by atoms with van der Waals surface area (Å²) < 4.78 is 0. The van der Waals surface area contributed by atoms with Crippen molar-refractivity contribution in [3.63, 3.8) is 0 Å². The molecule has 1 aliphatic rings. The average Bonchev–Trinajstić information content (AvgIpc) is 2.83. The van der Waals surface area contributed by atoms with Crippen LogP contribution in [0, 0.1) is 0 Å². The highest BCUT2D eigenvalue weighted by Crippen LogP contribution is 2.37. The highest BCUT2D eigenvalue weighted by molar-refractivity contribution is 8.00. The lowest BCUT2D eigenvalue weighted by atomic mass is 10.3. The minimum atomic E-state index is -0.0422. The Balaban J connectivity index is 2.07. The maximum Gasteiger partial charge on any atom is 0.248 e. The maximum atomic E-state index is 11.8. The molecule has 2 rings (SSSR count). The topological polar surface area (TPSA) is 29.1 Å². The van der Waals surface area contributed by atoms with E-state index in [-0.39, 0.29) is 5.91 Å². The second-order valence-electron chi connectivity index (χ2n) is 5.23. The van der Waals surface area contributed by atoms with Gasteiger partial charge in [-0.05, 0) is 38.8 Å². The van der Waals surface area contributed by atoms with E-state index in [1.165, 1.54) is 30.6 Å². The number of anilines is 1. The van der Waals surface area contributed by atoms with Crippen LogP contribution in [0.15, 0.2) is 40.8 Å². The molecule has 1 N–H and O–H groups in total. The SMILES string of the molecule is CC(C)=CC(=O)Nc1ccccc1SC1CCCC1. The summed E-state index contributed by atoms with van der Waals surface area (Å²) in [5, 5.41) is 3.69. The van der Waals surface area contributed by atoms with Gasteiger partial charge in [0, 0.05) is 16.2 Å². The van der Waals surface area contributed by atoms with Crippen LogP contribution in [0.4, 0.5) is 5.69 Å². The normalized spacial score (nSPS) is 15.3. The first kappa shape index (κ1) is 14.2. The Hall–Kier alpha value is -1.22. The first-order chi connectivity index (χ1) is 9.15. The zero-order valence-electron chi connectivity index (χ0n) is 11.6. The maximum absolute atomic E-state index is 11.8. The number of carbonyl (C=O) groups excluding carboxylic acids is 1. The third kappa shape index (κ3) is 4.43. The standard InChI is InChI=1S/C16H21NOS/c1-12(2)11-16(18)17-14-9-5-6-10-15(14)19-13-7-3-4-8-13/h5-6,9-11,13H,3-4,7-8H2,1-2H3,(H,17,18). The van der Waals surface area contributed by atoms with Crippen LogP contribution in [0.25, 0.3) is 0 Å². The summed E-state index contributed by atoms with van der Waals surface area (Å²) in [6, 6.07) is 8.08. The predicted octanol–water partition coefficient (Wildman–Crippen LogP) is 4.63. The highest BCUT2D eigenvalue weighted by atomic mass is 32.2. The molecule has 1 aliphatic carbocycles. The summed E-state index contributed by atoms with van der Waals surface area (Å²) in [5.41, 5.74) is 1.94. The van der Waals surface area contributed by atoms with Crippen molar-refractivity contribution in [2.75, 3.05) is 5.32 Å². The fourth-order valence-corrected chi connectivity index (χ4v) is 3.62. The van der Waals surface area contributed by atoms with Crippen LogP contribution in [0.5, 0.6) is 0 Å². The molecule has 1 fully saturated rings. The second kappa shape index (κ2) is 6.80. The first-order valence-corrected chi connectivity index (χ1v) is 7.74. The van der Waals surface area contributed by atoms with Crippen molar-refractivity contribution >= 4 is 23.4 Å². The molecule has 0 aliphatic heterocycles. The molecule has 0 atom stereocenters. The van der Waals surface area contributed by atoms with E-state index in [1.54, 1.807) is 6.08 Å². The van der Waals surface area contributed by atoms with Gasteiger partial charge in [0.2, 0.25) is 5.91 Å². The van der Waals surface area contributed by atoms with E-state index in [9.17, 15) is 4.79 Å². The first-order valence-electron chi connectivity index (χ1n) is 6.87. The van der Waals surface area contributed by atoms with Gasteiger partial charge in [0.25, 0.3) is 0 Å². The van der Waals surface area contributed by atoms with Crippen molar-refractivity contribution < 1.29 is 4.79 Å². The minimum Gasteiger partial charge on any atom is -0.321 e. The van der Waals surface area contributed by atoms with Crippen LogP contribution in [-0.2, 0) is 4.79 Å². The van der Waals surface area contributed by atoms with Crippen LogP contribution in [-0.4, -0.2) is 11.2 Å². The number of nitrogens with one attached hydrogen (secondary N) is 1. The predicted molar refractivity (Wildman–Crippen MR) is 82.6 cm³/mol. The van der Waals surface area contributed by atoms with Crippen LogP contribution in [0.2, 0.25) is 0 Å². The summed E-state index contributed by atoms with van der Waals surface area (Å²) in [6.45, 7) is 3.86. The van der Waals surface area contributed by atoms with Gasteiger partial charge in [0.1, 0.15) is 0 Å². The van der Waals surface area contributed by atoms with Crippen molar-refractivity contribution in [3.05, 3.63) is 35.9 Å². The molecular weight excluding hydrogens is 254 g/mol. The monoisotopic (exact) mass is 275 g/mol. The van der Waals surface area contributed by atoms with E-state index < -0.39 is 0 Å². The van der Waals surface area contributed by atoms with Gasteiger partial charge in [0.05, 0.1) is 5.69 Å². The number of hydrogen-bond acceptors (Lipinski definition) is 2. The molecule has 1 aromatic rings. The van der Waals surface area contributed by atoms with Gasteiger partial charge >= 0.3 is 0 Å². The third-order valence-corrected chi connectivity index (χ3v) is 4.58. The minimum absolute atomic E-state index is 0.0422. The summed E-state index contributed by atoms with van der Waals surface area (Å²) in [7, 11) is 0. The molecule has 1 aromatic carbocycles. The van der Waals surface area contributed by atoms with Crippen molar-refractivity contribution in [1.82, 2.24) is 0 Å². The van der Waals surface area contributed by atoms with Gasteiger partial charge < -0.3 is 5.32 Å². The number of carbonyl (C=O) groups is 1. The number of allylic oxidation sites excluding steroid dienone is 1. The lowest BCUT2D eigenvalue weighted by Crippen LogP contribution is -2.09. The quantitative estimate of drug-likeness (QED) is 0.812. The average molecular weight is 275 g/mol. The highest BCUT2D eigenvalue weighted by Gasteiger charge is 2.17. The van der Waals surface area contributed by atoms with E-state index in [2.05, 4.69) is 11.4 Å². The lowest BCUT2D eigenvalue weighted by molar-refractivity contribution is -0.112. The molecule has 0 radical (unpaired) electrons. The summed E-state index contributed by atoms with van der Waals surface area (Å²) in [6.07, 6.45) is 6.90. The number of rotatable bonds is 4. The van der Waals surface area contributed by atoms with E-state index in [1.807, 2.05) is 43.8 Å². The molecule has 0 bridgehead atoms. The van der Waals surface area contributed by atoms with Gasteiger partial charge in [-0.25, -0.2) is 0 Å². The van der Waals surface area contributed by atoms with Crippen LogP contribution < -0.4 is 5.32 Å². The zero-order chi connectivity index (χ0) is 13.7. The van der Waals surface area contributed by atoms with Gasteiger partial charge in [-0.1, -0.05) is 30.5 Å². The zero-order valence-corrected chi connectivity index (χ0v) is 12.4. The molecule has 0 saturated heterocycles. The molecule has 1 saturated carbocycles. The lowest BCUT2D eigenvalue weighted by Gasteiger charge is -2.13. The molecule has 19 heavy (non-hydrogen) atoms. The van der Waals surface area contributed by atoms with E-state index >= 15 is 0 Å². The third-order valence-electron chi connectivity index (χ3n) is 3.16. The molecule has 0 spiro atoms. The number of benzene rings is 1. The summed E-state index contributed by atoms with van der Waals surface area (Å²) in [4.78, 5) is 13.0. The van der Waals surface area contributed by atoms with E-state index in [0.717, 1.165) is 11.3 Å². The van der Waals surface area contributed by atoms with Gasteiger partial charge in [-0.3, -0.25) is 4.79 Å². The van der Waals surface area contributed by atoms with E-state index in [0.29, 0.717) is 5.25 Å². The van der Waals surface area contributed by atoms with E-state index in [4.69, 9.17) is 0 Å². The Morgan fingerprint density at radius 3 is 2.63 bits per heavy atom. The molecule has 0 aromatic heterocycles. The number of hydrogen-bond donors (Lipinski definition) is 1. The van der Waals surface area contributed by atoms with Crippen LogP contribution in [0.3, 0.4) is 0 Å². The Morgan fingerprint density at radius 2 is 1.95 bits per heavy atom. The fraction of sp³-hybridized carbons (Fsp3) is 0.438. The smallest absolute Gasteiger partial charge is 0.248 e. The fourth-order valence-electron chi connectivity index (χ4n) is 2.29. The Kier molecular flexibility index (Phi) is 5.08. The second-order valence-corrected chi connectivity index (χ2v) is 6.57. The van der Waals surface area contributed by atoms with Gasteiger partial charge in [-0.2, -0.15) is 0 Å². The molecule has 0 heterocycles. The number of para-hydroxylation sites is 1. The summed E-state index contributed by atoms with van der Waals surface area (Å²) >= 11 is 1.90. The Morgan fingerprint density at radius 1 is 1.26 bits per heavy atom. The molecule has 1 amide bonds. The van der Waals surface area contributed by atoms with Crippen molar-refractivity contribution in [3.8, 4) is 0 Å². The Bertz CT molecular complexity index is 471. The van der Waals surface area contributed by atoms with Crippen molar-refractivity contribution in [2.24, 2.45) is 0 Å². The van der Waals surface area contributed by atoms with Gasteiger partial charge in [-0.15, -0.1) is 11.8 Å². The Labute approximate surface area is 119 Å². The number of amides is 1. The van der Waals surface area contributed by atoms with Crippen molar-refractivity contribution in [2.45, 2.75) is 49.7 Å². The number of thioether (sulfide) groups is 1. The molecule has 3 heteroatoms.